The van der Waals surface area contributed by atoms with Crippen LogP contribution in [0.15, 0.2) is 47.3 Å². The Kier molecular flexibility index (Phi) is 5.93. The van der Waals surface area contributed by atoms with Gasteiger partial charge < -0.3 is 14.8 Å². The number of ether oxygens (including phenoxy) is 2. The summed E-state index contributed by atoms with van der Waals surface area (Å²) in [6.45, 7) is 2.42. The zero-order valence-corrected chi connectivity index (χ0v) is 16.2. The van der Waals surface area contributed by atoms with Crippen LogP contribution < -0.4 is 20.3 Å². The summed E-state index contributed by atoms with van der Waals surface area (Å²) < 4.78 is 12.3. The highest BCUT2D eigenvalue weighted by Crippen LogP contribution is 2.30. The molecular weight excluding hydrogens is 358 g/mol. The van der Waals surface area contributed by atoms with Crippen molar-refractivity contribution in [2.45, 2.75) is 19.8 Å². The molecule has 1 N–H and O–H groups in total. The maximum absolute atomic E-state index is 12.4. The number of aryl methyl sites for hydroxylation is 1. The highest BCUT2D eigenvalue weighted by molar-refractivity contribution is 5.91. The van der Waals surface area contributed by atoms with Crippen LogP contribution in [-0.2, 0) is 18.3 Å². The van der Waals surface area contributed by atoms with E-state index < -0.39 is 0 Å². The normalized spacial score (nSPS) is 10.7. The lowest BCUT2D eigenvalue weighted by Gasteiger charge is -2.12. The maximum atomic E-state index is 12.4. The molecule has 0 aliphatic rings. The van der Waals surface area contributed by atoms with Crippen LogP contribution in [-0.4, -0.2) is 29.2 Å². The fourth-order valence-corrected chi connectivity index (χ4v) is 2.96. The average molecular weight is 381 g/mol. The highest BCUT2D eigenvalue weighted by atomic mass is 16.5. The van der Waals surface area contributed by atoms with Crippen LogP contribution in [0.25, 0.3) is 10.9 Å². The second-order valence-corrected chi connectivity index (χ2v) is 6.26. The summed E-state index contributed by atoms with van der Waals surface area (Å²) in [4.78, 5) is 29.3. The number of carbonyl (C=O) groups is 1. The van der Waals surface area contributed by atoms with Gasteiger partial charge in [0.1, 0.15) is 5.82 Å². The zero-order valence-electron chi connectivity index (χ0n) is 16.2. The van der Waals surface area contributed by atoms with E-state index in [1.165, 1.54) is 4.57 Å². The van der Waals surface area contributed by atoms with Gasteiger partial charge in [-0.25, -0.2) is 4.98 Å². The lowest BCUT2D eigenvalue weighted by Crippen LogP contribution is -2.23. The summed E-state index contributed by atoms with van der Waals surface area (Å²) in [5.41, 5.74) is 1.14. The van der Waals surface area contributed by atoms with Crippen LogP contribution in [0.2, 0.25) is 0 Å². The fraction of sp³-hybridized carbons (Fsp3) is 0.286. The minimum atomic E-state index is -0.173. The van der Waals surface area contributed by atoms with Crippen molar-refractivity contribution in [3.8, 4) is 11.5 Å². The summed E-state index contributed by atoms with van der Waals surface area (Å²) in [6.07, 6.45) is 0.560. The molecule has 0 spiro atoms. The van der Waals surface area contributed by atoms with Gasteiger partial charge in [0.25, 0.3) is 5.56 Å². The predicted molar refractivity (Wildman–Crippen MR) is 108 cm³/mol. The molecule has 0 atom stereocenters. The Balaban J connectivity index is 1.70. The molecule has 1 heterocycles. The number of aromatic nitrogens is 2. The van der Waals surface area contributed by atoms with Crippen molar-refractivity contribution in [3.05, 3.63) is 58.6 Å². The van der Waals surface area contributed by atoms with Crippen molar-refractivity contribution in [3.63, 3.8) is 0 Å². The Bertz CT molecular complexity index is 1060. The van der Waals surface area contributed by atoms with E-state index in [-0.39, 0.29) is 17.9 Å². The van der Waals surface area contributed by atoms with Gasteiger partial charge in [0.05, 0.1) is 24.6 Å². The summed E-state index contributed by atoms with van der Waals surface area (Å²) in [7, 11) is 3.22. The molecule has 146 valence electrons. The summed E-state index contributed by atoms with van der Waals surface area (Å²) in [6, 6.07) is 12.4. The minimum absolute atomic E-state index is 0.114. The van der Waals surface area contributed by atoms with E-state index in [1.807, 2.05) is 19.1 Å². The van der Waals surface area contributed by atoms with Crippen LogP contribution in [0.4, 0.5) is 5.69 Å². The number of methoxy groups -OCH3 is 1. The maximum Gasteiger partial charge on any atom is 0.261 e. The third-order valence-corrected chi connectivity index (χ3v) is 4.40. The van der Waals surface area contributed by atoms with Gasteiger partial charge in [0.15, 0.2) is 11.5 Å². The van der Waals surface area contributed by atoms with E-state index >= 15 is 0 Å². The van der Waals surface area contributed by atoms with E-state index in [4.69, 9.17) is 9.47 Å². The summed E-state index contributed by atoms with van der Waals surface area (Å²) in [5, 5.41) is 3.41. The van der Waals surface area contributed by atoms with Gasteiger partial charge in [-0.3, -0.25) is 14.2 Å². The number of rotatable bonds is 7. The lowest BCUT2D eigenvalue weighted by molar-refractivity contribution is -0.116. The average Bonchev–Trinajstić information content (AvgIpc) is 2.71. The van der Waals surface area contributed by atoms with Crippen LogP contribution in [0.3, 0.4) is 0 Å². The molecular formula is C21H23N3O4. The van der Waals surface area contributed by atoms with Crippen LogP contribution in [0.5, 0.6) is 11.5 Å². The topological polar surface area (TPSA) is 82.5 Å². The molecule has 0 unspecified atom stereocenters. The minimum Gasteiger partial charge on any atom is -0.493 e. The first-order valence-electron chi connectivity index (χ1n) is 9.08. The first-order chi connectivity index (χ1) is 13.5. The van der Waals surface area contributed by atoms with Gasteiger partial charge in [-0.05, 0) is 31.2 Å². The molecule has 1 aromatic heterocycles. The number of benzene rings is 2. The number of carbonyl (C=O) groups excluding carboxylic acids is 1. The molecule has 2 aromatic carbocycles. The number of nitrogens with zero attached hydrogens (tertiary/aromatic N) is 2. The Morgan fingerprint density at radius 2 is 1.96 bits per heavy atom. The second kappa shape index (κ2) is 8.56. The highest BCUT2D eigenvalue weighted by Gasteiger charge is 2.11. The zero-order chi connectivity index (χ0) is 20.1. The molecule has 7 heteroatoms. The molecule has 7 nitrogen and oxygen atoms in total. The van der Waals surface area contributed by atoms with Gasteiger partial charge in [-0.2, -0.15) is 0 Å². The molecule has 0 aliphatic carbocycles. The molecule has 0 bridgehead atoms. The van der Waals surface area contributed by atoms with E-state index in [0.29, 0.717) is 46.9 Å². The lowest BCUT2D eigenvalue weighted by atomic mass is 10.2. The first kappa shape index (κ1) is 19.4. The quantitative estimate of drug-likeness (QED) is 0.680. The fourth-order valence-electron chi connectivity index (χ4n) is 2.96. The molecule has 1 amide bonds. The van der Waals surface area contributed by atoms with Crippen molar-refractivity contribution in [2.24, 2.45) is 7.05 Å². The molecule has 0 radical (unpaired) electrons. The third kappa shape index (κ3) is 4.14. The van der Waals surface area contributed by atoms with E-state index in [2.05, 4.69) is 10.3 Å². The molecule has 3 rings (SSSR count). The number of para-hydroxylation sites is 1. The number of fused-ring (bicyclic) bond motifs is 1. The van der Waals surface area contributed by atoms with Gasteiger partial charge in [0.2, 0.25) is 5.91 Å². The Morgan fingerprint density at radius 3 is 2.71 bits per heavy atom. The van der Waals surface area contributed by atoms with Crippen molar-refractivity contribution in [2.75, 3.05) is 19.0 Å². The Hall–Kier alpha value is -3.35. The van der Waals surface area contributed by atoms with Gasteiger partial charge in [0, 0.05) is 31.6 Å². The van der Waals surface area contributed by atoms with Crippen LogP contribution in [0, 0.1) is 0 Å². The van der Waals surface area contributed by atoms with Crippen molar-refractivity contribution in [1.29, 1.82) is 0 Å². The number of amides is 1. The molecule has 0 aliphatic heterocycles. The number of anilines is 1. The number of hydrogen-bond acceptors (Lipinski definition) is 5. The largest absolute Gasteiger partial charge is 0.493 e. The first-order valence-corrected chi connectivity index (χ1v) is 9.08. The molecule has 0 saturated heterocycles. The monoisotopic (exact) mass is 381 g/mol. The smallest absolute Gasteiger partial charge is 0.261 e. The standard InChI is InChI=1S/C21H23N3O4/c1-4-28-17-10-9-14(13-18(17)27-3)22-20(25)12-11-19-23-16-8-6-5-7-15(16)21(26)24(19)2/h5-10,13H,4,11-12H2,1-3H3,(H,22,25). The summed E-state index contributed by atoms with van der Waals surface area (Å²) >= 11 is 0. The third-order valence-electron chi connectivity index (χ3n) is 4.40. The van der Waals surface area contributed by atoms with Crippen molar-refractivity contribution < 1.29 is 14.3 Å². The molecule has 3 aromatic rings. The Labute approximate surface area is 162 Å². The van der Waals surface area contributed by atoms with Gasteiger partial charge in [-0.15, -0.1) is 0 Å². The second-order valence-electron chi connectivity index (χ2n) is 6.26. The van der Waals surface area contributed by atoms with E-state index in [1.54, 1.807) is 44.5 Å². The van der Waals surface area contributed by atoms with Crippen LogP contribution in [0.1, 0.15) is 19.2 Å². The Morgan fingerprint density at radius 1 is 1.18 bits per heavy atom. The van der Waals surface area contributed by atoms with Crippen molar-refractivity contribution in [1.82, 2.24) is 9.55 Å². The predicted octanol–water partition coefficient (Wildman–Crippen LogP) is 2.91. The SMILES string of the molecule is CCOc1ccc(NC(=O)CCc2nc3ccccc3c(=O)n2C)cc1OC. The number of hydrogen-bond donors (Lipinski definition) is 1. The van der Waals surface area contributed by atoms with Gasteiger partial charge >= 0.3 is 0 Å². The van der Waals surface area contributed by atoms with Gasteiger partial charge in [-0.1, -0.05) is 12.1 Å². The molecule has 0 fully saturated rings. The van der Waals surface area contributed by atoms with E-state index in [0.717, 1.165) is 0 Å². The molecule has 0 saturated carbocycles. The summed E-state index contributed by atoms with van der Waals surface area (Å²) in [5.74, 6) is 1.58. The van der Waals surface area contributed by atoms with Crippen molar-refractivity contribution >= 4 is 22.5 Å². The molecule has 28 heavy (non-hydrogen) atoms. The van der Waals surface area contributed by atoms with Crippen LogP contribution >= 0.6 is 0 Å². The number of nitrogens with one attached hydrogen (secondary N) is 1. The van der Waals surface area contributed by atoms with E-state index in [9.17, 15) is 9.59 Å².